The molecule has 0 spiro atoms. The van der Waals surface area contributed by atoms with Gasteiger partial charge in [-0.05, 0) is 22.0 Å². The lowest BCUT2D eigenvalue weighted by Crippen LogP contribution is -1.92. The van der Waals surface area contributed by atoms with Crippen molar-refractivity contribution in [2.45, 2.75) is 0 Å². The van der Waals surface area contributed by atoms with E-state index < -0.39 is 0 Å². The van der Waals surface area contributed by atoms with Gasteiger partial charge in [-0.15, -0.1) is 0 Å². The fourth-order valence-electron chi connectivity index (χ4n) is 1.16. The van der Waals surface area contributed by atoms with Crippen molar-refractivity contribution in [2.24, 2.45) is 0 Å². The number of halogens is 2. The Labute approximate surface area is 88.8 Å². The summed E-state index contributed by atoms with van der Waals surface area (Å²) in [6.45, 7) is 0. The molecule has 0 aliphatic carbocycles. The van der Waals surface area contributed by atoms with Gasteiger partial charge in [0.1, 0.15) is 4.60 Å². The minimum absolute atomic E-state index is 0.486. The summed E-state index contributed by atoms with van der Waals surface area (Å²) >= 11 is 9.28. The maximum absolute atomic E-state index is 6.04. The summed E-state index contributed by atoms with van der Waals surface area (Å²) < 4.78 is 0.594. The molecule has 1 heterocycles. The van der Waals surface area contributed by atoms with Crippen molar-refractivity contribution in [3.63, 3.8) is 0 Å². The Morgan fingerprint density at radius 1 is 1.31 bits per heavy atom. The molecular formula is C9H6BrClN2. The maximum atomic E-state index is 6.04. The van der Waals surface area contributed by atoms with E-state index in [1.807, 2.05) is 24.3 Å². The van der Waals surface area contributed by atoms with Crippen LogP contribution in [0.2, 0.25) is 5.02 Å². The minimum Gasteiger partial charge on any atom is -0.395 e. The van der Waals surface area contributed by atoms with Gasteiger partial charge in [-0.2, -0.15) is 0 Å². The Morgan fingerprint density at radius 2 is 2.00 bits per heavy atom. The zero-order valence-electron chi connectivity index (χ0n) is 6.59. The molecule has 13 heavy (non-hydrogen) atoms. The van der Waals surface area contributed by atoms with Crippen molar-refractivity contribution < 1.29 is 0 Å². The molecule has 0 unspecified atom stereocenters. The average Bonchev–Trinajstić information content (AvgIpc) is 2.15. The van der Waals surface area contributed by atoms with Gasteiger partial charge in [-0.3, -0.25) is 0 Å². The second-order valence-corrected chi connectivity index (χ2v) is 3.78. The van der Waals surface area contributed by atoms with Gasteiger partial charge in [0.05, 0.1) is 16.2 Å². The first-order valence-electron chi connectivity index (χ1n) is 3.69. The van der Waals surface area contributed by atoms with E-state index in [9.17, 15) is 0 Å². The first kappa shape index (κ1) is 8.78. The molecule has 0 aliphatic rings. The molecule has 0 saturated heterocycles. The van der Waals surface area contributed by atoms with Crippen LogP contribution in [0.3, 0.4) is 0 Å². The Bertz CT molecular complexity index is 470. The highest BCUT2D eigenvalue weighted by Crippen LogP contribution is 2.32. The van der Waals surface area contributed by atoms with Gasteiger partial charge in [0.15, 0.2) is 0 Å². The van der Waals surface area contributed by atoms with Crippen LogP contribution < -0.4 is 5.73 Å². The number of benzene rings is 1. The van der Waals surface area contributed by atoms with E-state index in [0.29, 0.717) is 15.3 Å². The third-order valence-corrected chi connectivity index (χ3v) is 2.83. The number of hydrogen-bond donors (Lipinski definition) is 1. The molecule has 0 fully saturated rings. The van der Waals surface area contributed by atoms with Crippen LogP contribution in [-0.2, 0) is 0 Å². The molecule has 2 N–H and O–H groups in total. The Morgan fingerprint density at radius 3 is 2.77 bits per heavy atom. The summed E-state index contributed by atoms with van der Waals surface area (Å²) in [5.74, 6) is 0. The molecule has 1 aromatic carbocycles. The smallest absolute Gasteiger partial charge is 0.131 e. The van der Waals surface area contributed by atoms with E-state index >= 15 is 0 Å². The topological polar surface area (TPSA) is 38.9 Å². The monoisotopic (exact) mass is 256 g/mol. The lowest BCUT2D eigenvalue weighted by Gasteiger charge is -2.04. The molecule has 0 aliphatic heterocycles. The summed E-state index contributed by atoms with van der Waals surface area (Å²) in [4.78, 5) is 4.24. The number of para-hydroxylation sites is 1. The lowest BCUT2D eigenvalue weighted by atomic mass is 10.2. The lowest BCUT2D eigenvalue weighted by molar-refractivity contribution is 1.36. The zero-order valence-corrected chi connectivity index (χ0v) is 8.93. The Hall–Kier alpha value is -0.800. The van der Waals surface area contributed by atoms with E-state index in [-0.39, 0.29) is 0 Å². The highest BCUT2D eigenvalue weighted by molar-refractivity contribution is 9.10. The first-order chi connectivity index (χ1) is 6.20. The number of rotatable bonds is 0. The van der Waals surface area contributed by atoms with Gasteiger partial charge < -0.3 is 5.73 Å². The van der Waals surface area contributed by atoms with Crippen LogP contribution in [0.1, 0.15) is 0 Å². The molecular weight excluding hydrogens is 251 g/mol. The average molecular weight is 258 g/mol. The molecule has 0 bridgehead atoms. The predicted octanol–water partition coefficient (Wildman–Crippen LogP) is 3.23. The highest BCUT2D eigenvalue weighted by Gasteiger charge is 2.07. The van der Waals surface area contributed by atoms with E-state index in [1.54, 1.807) is 0 Å². The Kier molecular flexibility index (Phi) is 2.14. The van der Waals surface area contributed by atoms with Crippen molar-refractivity contribution in [3.05, 3.63) is 33.9 Å². The first-order valence-corrected chi connectivity index (χ1v) is 4.86. The second-order valence-electron chi connectivity index (χ2n) is 2.65. The van der Waals surface area contributed by atoms with E-state index in [0.717, 1.165) is 10.9 Å². The fraction of sp³-hybridized carbons (Fsp3) is 0. The number of fused-ring (bicyclic) bond motifs is 1. The van der Waals surface area contributed by atoms with Crippen LogP contribution in [0.4, 0.5) is 5.69 Å². The quantitative estimate of drug-likeness (QED) is 0.736. The molecule has 66 valence electrons. The van der Waals surface area contributed by atoms with Crippen LogP contribution >= 0.6 is 27.5 Å². The summed E-state index contributed by atoms with van der Waals surface area (Å²) in [7, 11) is 0. The van der Waals surface area contributed by atoms with Gasteiger partial charge in [0.25, 0.3) is 0 Å². The van der Waals surface area contributed by atoms with Crippen LogP contribution in [-0.4, -0.2) is 4.98 Å². The third-order valence-electron chi connectivity index (χ3n) is 1.82. The van der Waals surface area contributed by atoms with Crippen LogP contribution in [0, 0.1) is 0 Å². The predicted molar refractivity (Wildman–Crippen MR) is 58.9 cm³/mol. The van der Waals surface area contributed by atoms with Gasteiger partial charge in [-0.1, -0.05) is 29.8 Å². The van der Waals surface area contributed by atoms with Gasteiger partial charge >= 0.3 is 0 Å². The van der Waals surface area contributed by atoms with Crippen molar-refractivity contribution in [1.82, 2.24) is 4.98 Å². The maximum Gasteiger partial charge on any atom is 0.131 e. The highest BCUT2D eigenvalue weighted by atomic mass is 79.9. The van der Waals surface area contributed by atoms with Gasteiger partial charge in [0.2, 0.25) is 0 Å². The summed E-state index contributed by atoms with van der Waals surface area (Å²) in [5.41, 5.74) is 7.03. The fourth-order valence-corrected chi connectivity index (χ4v) is 1.91. The van der Waals surface area contributed by atoms with Crippen molar-refractivity contribution in [2.75, 3.05) is 5.73 Å². The third kappa shape index (κ3) is 1.38. The van der Waals surface area contributed by atoms with Crippen LogP contribution in [0.15, 0.2) is 28.9 Å². The van der Waals surface area contributed by atoms with E-state index in [2.05, 4.69) is 20.9 Å². The van der Waals surface area contributed by atoms with E-state index in [4.69, 9.17) is 17.3 Å². The number of aromatic nitrogens is 1. The number of anilines is 1. The molecule has 2 rings (SSSR count). The summed E-state index contributed by atoms with van der Waals surface area (Å²) in [6, 6.07) is 7.61. The standard InChI is InChI=1S/C9H6BrClN2/c10-9-8(12)7(11)5-3-1-2-4-6(5)13-9/h1-4H,12H2. The molecule has 2 aromatic rings. The number of hydrogen-bond acceptors (Lipinski definition) is 2. The van der Waals surface area contributed by atoms with Crippen molar-refractivity contribution in [1.29, 1.82) is 0 Å². The van der Waals surface area contributed by atoms with E-state index in [1.165, 1.54) is 0 Å². The molecule has 2 nitrogen and oxygen atoms in total. The molecule has 0 atom stereocenters. The SMILES string of the molecule is Nc1c(Br)nc2ccccc2c1Cl. The molecule has 0 amide bonds. The Balaban J connectivity index is 2.94. The normalized spacial score (nSPS) is 10.6. The zero-order chi connectivity index (χ0) is 9.42. The van der Waals surface area contributed by atoms with Crippen LogP contribution in [0.25, 0.3) is 10.9 Å². The number of nitrogens with zero attached hydrogens (tertiary/aromatic N) is 1. The molecule has 0 saturated carbocycles. The largest absolute Gasteiger partial charge is 0.395 e. The van der Waals surface area contributed by atoms with Gasteiger partial charge in [-0.25, -0.2) is 4.98 Å². The van der Waals surface area contributed by atoms with Crippen molar-refractivity contribution >= 4 is 44.1 Å². The second kappa shape index (κ2) is 3.16. The number of pyridine rings is 1. The minimum atomic E-state index is 0.486. The number of nitrogens with two attached hydrogens (primary N) is 1. The summed E-state index contributed by atoms with van der Waals surface area (Å²) in [6.07, 6.45) is 0. The van der Waals surface area contributed by atoms with Gasteiger partial charge in [0, 0.05) is 5.39 Å². The molecule has 0 radical (unpaired) electrons. The molecule has 4 heteroatoms. The number of nitrogen functional groups attached to an aromatic ring is 1. The van der Waals surface area contributed by atoms with Crippen LogP contribution in [0.5, 0.6) is 0 Å². The summed E-state index contributed by atoms with van der Waals surface area (Å²) in [5, 5.41) is 1.43. The van der Waals surface area contributed by atoms with Crippen molar-refractivity contribution in [3.8, 4) is 0 Å². The molecule has 1 aromatic heterocycles.